The first kappa shape index (κ1) is 29.4. The maximum Gasteiger partial charge on any atom is 0.269 e. The number of nitrogens with one attached hydrogen (secondary N) is 1. The molecule has 1 aliphatic carbocycles. The standard InChI is InChI=1S/C28H33Cl2N3O5S/c1-2-24(27(35)31-20-9-4-3-5-10-20)32(18-19-14-15-22(29)23(30)17-19)26(34)13-8-16-33-28(36)21-11-6-7-12-25(21)39(33,37)38/h6-7,11-12,14-15,17,20,24H,2-5,8-10,13,16,18H2,1H3,(H,31,35)/t24-/m1/s1. The molecule has 1 N–H and O–H groups in total. The maximum atomic E-state index is 13.6. The summed E-state index contributed by atoms with van der Waals surface area (Å²) in [7, 11) is -3.95. The zero-order chi connectivity index (χ0) is 28.2. The van der Waals surface area contributed by atoms with E-state index in [1.807, 2.05) is 6.92 Å². The number of amides is 3. The van der Waals surface area contributed by atoms with E-state index in [1.54, 1.807) is 30.3 Å². The Morgan fingerprint density at radius 3 is 2.46 bits per heavy atom. The molecule has 210 valence electrons. The van der Waals surface area contributed by atoms with Gasteiger partial charge in [-0.2, -0.15) is 0 Å². The third kappa shape index (κ3) is 6.58. The van der Waals surface area contributed by atoms with Crippen LogP contribution in [0.1, 0.15) is 74.2 Å². The van der Waals surface area contributed by atoms with Crippen LogP contribution >= 0.6 is 23.2 Å². The zero-order valence-corrected chi connectivity index (χ0v) is 24.2. The van der Waals surface area contributed by atoms with Crippen LogP contribution in [0.5, 0.6) is 0 Å². The molecule has 11 heteroatoms. The summed E-state index contributed by atoms with van der Waals surface area (Å²) in [5.74, 6) is -1.11. The first-order valence-electron chi connectivity index (χ1n) is 13.3. The molecule has 1 fully saturated rings. The molecule has 0 unspecified atom stereocenters. The van der Waals surface area contributed by atoms with E-state index in [1.165, 1.54) is 17.0 Å². The summed E-state index contributed by atoms with van der Waals surface area (Å²) in [6.07, 6.45) is 5.62. The van der Waals surface area contributed by atoms with Crippen molar-refractivity contribution in [2.45, 2.75) is 81.8 Å². The van der Waals surface area contributed by atoms with Crippen LogP contribution in [-0.4, -0.2) is 54.0 Å². The first-order chi connectivity index (χ1) is 18.6. The third-order valence-corrected chi connectivity index (χ3v) is 9.92. The molecule has 0 radical (unpaired) electrons. The van der Waals surface area contributed by atoms with E-state index in [-0.39, 0.29) is 54.2 Å². The van der Waals surface area contributed by atoms with Crippen LogP contribution < -0.4 is 5.32 Å². The Hall–Kier alpha value is -2.62. The predicted molar refractivity (Wildman–Crippen MR) is 150 cm³/mol. The Morgan fingerprint density at radius 2 is 1.79 bits per heavy atom. The molecule has 2 aromatic carbocycles. The number of halogens is 2. The summed E-state index contributed by atoms with van der Waals surface area (Å²) in [5.41, 5.74) is 0.852. The number of hydrogen-bond acceptors (Lipinski definition) is 5. The van der Waals surface area contributed by atoms with Gasteiger partial charge >= 0.3 is 0 Å². The summed E-state index contributed by atoms with van der Waals surface area (Å²) in [6, 6.07) is 10.5. The smallest absolute Gasteiger partial charge is 0.269 e. The third-order valence-electron chi connectivity index (χ3n) is 7.34. The van der Waals surface area contributed by atoms with Gasteiger partial charge in [-0.25, -0.2) is 12.7 Å². The van der Waals surface area contributed by atoms with E-state index in [4.69, 9.17) is 23.2 Å². The molecule has 4 rings (SSSR count). The van der Waals surface area contributed by atoms with E-state index in [0.29, 0.717) is 16.5 Å². The van der Waals surface area contributed by atoms with Crippen molar-refractivity contribution in [2.75, 3.05) is 6.54 Å². The van der Waals surface area contributed by atoms with Crippen molar-refractivity contribution in [1.82, 2.24) is 14.5 Å². The van der Waals surface area contributed by atoms with Gasteiger partial charge in [-0.05, 0) is 55.5 Å². The van der Waals surface area contributed by atoms with Gasteiger partial charge in [-0.3, -0.25) is 14.4 Å². The summed E-state index contributed by atoms with van der Waals surface area (Å²) < 4.78 is 26.6. The van der Waals surface area contributed by atoms with Gasteiger partial charge in [0.15, 0.2) is 0 Å². The topological polar surface area (TPSA) is 104 Å². The largest absolute Gasteiger partial charge is 0.352 e. The number of carbonyl (C=O) groups is 3. The van der Waals surface area contributed by atoms with Gasteiger partial charge in [0.25, 0.3) is 15.9 Å². The van der Waals surface area contributed by atoms with Gasteiger partial charge in [0, 0.05) is 25.6 Å². The number of benzene rings is 2. The highest BCUT2D eigenvalue weighted by molar-refractivity contribution is 7.90. The highest BCUT2D eigenvalue weighted by Crippen LogP contribution is 2.30. The van der Waals surface area contributed by atoms with Gasteiger partial charge in [-0.15, -0.1) is 0 Å². The SMILES string of the molecule is CC[C@H](C(=O)NC1CCCCC1)N(Cc1ccc(Cl)c(Cl)c1)C(=O)CCCN1C(=O)c2ccccc2S1(=O)=O. The van der Waals surface area contributed by atoms with Crippen molar-refractivity contribution in [1.29, 1.82) is 0 Å². The molecule has 2 aromatic rings. The van der Waals surface area contributed by atoms with Crippen molar-refractivity contribution in [3.05, 3.63) is 63.6 Å². The second-order valence-electron chi connectivity index (χ2n) is 10.0. The lowest BCUT2D eigenvalue weighted by atomic mass is 9.95. The summed E-state index contributed by atoms with van der Waals surface area (Å²) in [5, 5.41) is 3.86. The molecule has 1 heterocycles. The molecule has 2 aliphatic rings. The lowest BCUT2D eigenvalue weighted by Gasteiger charge is -2.33. The van der Waals surface area contributed by atoms with Crippen LogP contribution in [0.15, 0.2) is 47.4 Å². The minimum Gasteiger partial charge on any atom is -0.352 e. The van der Waals surface area contributed by atoms with E-state index >= 15 is 0 Å². The molecule has 0 aromatic heterocycles. The highest BCUT2D eigenvalue weighted by atomic mass is 35.5. The molecule has 0 bridgehead atoms. The molecular formula is C28H33Cl2N3O5S. The van der Waals surface area contributed by atoms with Crippen LogP contribution in [0.2, 0.25) is 10.0 Å². The quantitative estimate of drug-likeness (QED) is 0.409. The normalized spacial score (nSPS) is 17.5. The summed E-state index contributed by atoms with van der Waals surface area (Å²) >= 11 is 12.3. The van der Waals surface area contributed by atoms with Crippen molar-refractivity contribution >= 4 is 50.9 Å². The Balaban J connectivity index is 1.48. The van der Waals surface area contributed by atoms with Gasteiger partial charge in [0.2, 0.25) is 11.8 Å². The molecular weight excluding hydrogens is 561 g/mol. The van der Waals surface area contributed by atoms with Gasteiger partial charge in [0.05, 0.1) is 15.6 Å². The summed E-state index contributed by atoms with van der Waals surface area (Å²) in [6.45, 7) is 1.86. The van der Waals surface area contributed by atoms with Crippen LogP contribution in [0, 0.1) is 0 Å². The Morgan fingerprint density at radius 1 is 1.08 bits per heavy atom. The number of nitrogens with zero attached hydrogens (tertiary/aromatic N) is 2. The number of sulfonamides is 1. The fourth-order valence-electron chi connectivity index (χ4n) is 5.27. The van der Waals surface area contributed by atoms with Gasteiger partial charge in [0.1, 0.15) is 10.9 Å². The van der Waals surface area contributed by atoms with Crippen LogP contribution in [0.4, 0.5) is 0 Å². The molecule has 0 saturated heterocycles. The number of rotatable bonds is 10. The van der Waals surface area contributed by atoms with E-state index < -0.39 is 22.0 Å². The molecule has 3 amide bonds. The van der Waals surface area contributed by atoms with Crippen LogP contribution in [0.25, 0.3) is 0 Å². The molecule has 8 nitrogen and oxygen atoms in total. The predicted octanol–water partition coefficient (Wildman–Crippen LogP) is 5.17. The molecule has 39 heavy (non-hydrogen) atoms. The minimum absolute atomic E-state index is 0.0204. The maximum absolute atomic E-state index is 13.6. The van der Waals surface area contributed by atoms with Gasteiger partial charge in [-0.1, -0.05) is 67.6 Å². The second kappa shape index (κ2) is 12.7. The Kier molecular flexibility index (Phi) is 9.56. The molecule has 0 spiro atoms. The van der Waals surface area contributed by atoms with E-state index in [2.05, 4.69) is 5.32 Å². The highest BCUT2D eigenvalue weighted by Gasteiger charge is 2.40. The Labute approximate surface area is 239 Å². The second-order valence-corrected chi connectivity index (χ2v) is 12.7. The van der Waals surface area contributed by atoms with E-state index in [0.717, 1.165) is 42.0 Å². The van der Waals surface area contributed by atoms with Crippen LogP contribution in [-0.2, 0) is 26.2 Å². The average Bonchev–Trinajstić information content (AvgIpc) is 3.11. The average molecular weight is 595 g/mol. The minimum atomic E-state index is -3.95. The van der Waals surface area contributed by atoms with E-state index in [9.17, 15) is 22.8 Å². The number of carbonyl (C=O) groups excluding carboxylic acids is 3. The molecule has 1 atom stereocenters. The number of hydrogen-bond donors (Lipinski definition) is 1. The fourth-order valence-corrected chi connectivity index (χ4v) is 7.20. The molecule has 1 saturated carbocycles. The lowest BCUT2D eigenvalue weighted by Crippen LogP contribution is -2.51. The number of fused-ring (bicyclic) bond motifs is 1. The van der Waals surface area contributed by atoms with Crippen LogP contribution in [0.3, 0.4) is 0 Å². The van der Waals surface area contributed by atoms with Crippen molar-refractivity contribution in [3.8, 4) is 0 Å². The Bertz CT molecular complexity index is 1340. The van der Waals surface area contributed by atoms with Crippen molar-refractivity contribution in [3.63, 3.8) is 0 Å². The monoisotopic (exact) mass is 593 g/mol. The fraction of sp³-hybridized carbons (Fsp3) is 0.464. The lowest BCUT2D eigenvalue weighted by molar-refractivity contribution is -0.141. The first-order valence-corrected chi connectivity index (χ1v) is 15.5. The zero-order valence-electron chi connectivity index (χ0n) is 21.9. The van der Waals surface area contributed by atoms with Gasteiger partial charge < -0.3 is 10.2 Å². The van der Waals surface area contributed by atoms with Crippen molar-refractivity contribution in [2.24, 2.45) is 0 Å². The van der Waals surface area contributed by atoms with Crippen molar-refractivity contribution < 1.29 is 22.8 Å². The molecule has 1 aliphatic heterocycles. The summed E-state index contributed by atoms with van der Waals surface area (Å²) in [4.78, 5) is 41.1.